The summed E-state index contributed by atoms with van der Waals surface area (Å²) in [7, 11) is 3.04. The zero-order valence-electron chi connectivity index (χ0n) is 17.3. The van der Waals surface area contributed by atoms with Crippen molar-refractivity contribution in [1.29, 1.82) is 0 Å². The van der Waals surface area contributed by atoms with Crippen molar-refractivity contribution in [3.63, 3.8) is 0 Å². The number of aliphatic imine (C=N–C) groups is 1. The minimum Gasteiger partial charge on any atom is -0.497 e. The fourth-order valence-corrected chi connectivity index (χ4v) is 5.46. The quantitative estimate of drug-likeness (QED) is 0.585. The Hall–Kier alpha value is -3.17. The molecule has 0 saturated heterocycles. The lowest BCUT2D eigenvalue weighted by molar-refractivity contribution is 0.180. The summed E-state index contributed by atoms with van der Waals surface area (Å²) in [6.07, 6.45) is 1.39. The van der Waals surface area contributed by atoms with Crippen LogP contribution in [0.2, 0.25) is 0 Å². The molecule has 2 aliphatic rings. The average molecular weight is 455 g/mol. The van der Waals surface area contributed by atoms with Crippen molar-refractivity contribution in [1.82, 2.24) is 4.98 Å². The molecule has 9 heteroatoms. The van der Waals surface area contributed by atoms with Crippen LogP contribution >= 0.6 is 11.8 Å². The van der Waals surface area contributed by atoms with Crippen molar-refractivity contribution < 1.29 is 23.0 Å². The summed E-state index contributed by atoms with van der Waals surface area (Å²) in [5.74, 6) is -0.380. The summed E-state index contributed by atoms with van der Waals surface area (Å²) in [5.41, 5.74) is 7.09. The van der Waals surface area contributed by atoms with Gasteiger partial charge in [0.25, 0.3) is 0 Å². The highest BCUT2D eigenvalue weighted by Gasteiger charge is 2.53. The number of hydrogen-bond donors (Lipinski definition) is 1. The molecule has 5 rings (SSSR count). The SMILES string of the molecule is COC[C@H]1SC(N)=N[C@]12c1cc(-c3cccnc3F)ccc1Oc1c(F)cc(OC)cc12. The van der Waals surface area contributed by atoms with E-state index >= 15 is 4.39 Å². The van der Waals surface area contributed by atoms with Gasteiger partial charge >= 0.3 is 0 Å². The first-order chi connectivity index (χ1) is 15.5. The van der Waals surface area contributed by atoms with E-state index in [0.29, 0.717) is 38.9 Å². The first-order valence-electron chi connectivity index (χ1n) is 9.80. The standard InChI is InChI=1S/C23H19F2N3O3S/c1-29-11-19-23(28-22(26)32-19)15-8-12(14-4-3-7-27-21(14)25)5-6-18(15)31-20-16(23)9-13(30-2)10-17(20)24/h3-10,19H,11H2,1-2H3,(H2,26,28)/t19-,23+/m1/s1. The second-order valence-electron chi connectivity index (χ2n) is 7.42. The van der Waals surface area contributed by atoms with E-state index in [9.17, 15) is 4.39 Å². The molecule has 1 aromatic heterocycles. The van der Waals surface area contributed by atoms with Crippen molar-refractivity contribution in [2.24, 2.45) is 10.7 Å². The molecule has 0 amide bonds. The van der Waals surface area contributed by atoms with Gasteiger partial charge in [-0.15, -0.1) is 0 Å². The fourth-order valence-electron chi connectivity index (χ4n) is 4.29. The Kier molecular flexibility index (Phi) is 5.02. The zero-order valence-corrected chi connectivity index (χ0v) is 18.1. The van der Waals surface area contributed by atoms with Crippen LogP contribution in [0.4, 0.5) is 8.78 Å². The first kappa shape index (κ1) is 20.7. The Morgan fingerprint density at radius 2 is 2.00 bits per heavy atom. The smallest absolute Gasteiger partial charge is 0.220 e. The Morgan fingerprint density at radius 3 is 2.75 bits per heavy atom. The van der Waals surface area contributed by atoms with Gasteiger partial charge < -0.3 is 19.9 Å². The second-order valence-corrected chi connectivity index (χ2v) is 8.64. The molecule has 0 saturated carbocycles. The molecule has 6 nitrogen and oxygen atoms in total. The van der Waals surface area contributed by atoms with Gasteiger partial charge in [0, 0.05) is 36.1 Å². The number of thioether (sulfide) groups is 1. The van der Waals surface area contributed by atoms with Gasteiger partial charge in [0.2, 0.25) is 5.95 Å². The van der Waals surface area contributed by atoms with E-state index in [1.807, 2.05) is 0 Å². The molecule has 0 aliphatic carbocycles. The predicted octanol–water partition coefficient (Wildman–Crippen LogP) is 4.46. The summed E-state index contributed by atoms with van der Waals surface area (Å²) >= 11 is 1.34. The number of halogens is 2. The summed E-state index contributed by atoms with van der Waals surface area (Å²) in [4.78, 5) is 8.55. The van der Waals surface area contributed by atoms with Gasteiger partial charge in [0.15, 0.2) is 16.7 Å². The van der Waals surface area contributed by atoms with Gasteiger partial charge in [-0.1, -0.05) is 17.8 Å². The molecule has 164 valence electrons. The van der Waals surface area contributed by atoms with Gasteiger partial charge in [0.1, 0.15) is 17.0 Å². The van der Waals surface area contributed by atoms with E-state index < -0.39 is 17.3 Å². The molecule has 0 bridgehead atoms. The third kappa shape index (κ3) is 3.03. The minimum atomic E-state index is -1.11. The van der Waals surface area contributed by atoms with Crippen LogP contribution in [0.3, 0.4) is 0 Å². The predicted molar refractivity (Wildman–Crippen MR) is 118 cm³/mol. The van der Waals surface area contributed by atoms with E-state index in [2.05, 4.69) is 4.98 Å². The summed E-state index contributed by atoms with van der Waals surface area (Å²) in [6, 6.07) is 11.5. The molecule has 2 aliphatic heterocycles. The molecule has 0 unspecified atom stereocenters. The Morgan fingerprint density at radius 1 is 1.16 bits per heavy atom. The first-order valence-corrected chi connectivity index (χ1v) is 10.7. The molecule has 2 aromatic carbocycles. The van der Waals surface area contributed by atoms with Crippen LogP contribution < -0.4 is 15.2 Å². The summed E-state index contributed by atoms with van der Waals surface area (Å²) in [6.45, 7) is 0.290. The van der Waals surface area contributed by atoms with Crippen LogP contribution in [-0.4, -0.2) is 36.2 Å². The highest BCUT2D eigenvalue weighted by Crippen LogP contribution is 2.58. The zero-order chi connectivity index (χ0) is 22.5. The molecule has 1 spiro atoms. The number of amidine groups is 1. The summed E-state index contributed by atoms with van der Waals surface area (Å²) in [5, 5.41) is 0.0291. The van der Waals surface area contributed by atoms with Crippen LogP contribution in [0, 0.1) is 11.8 Å². The Balaban J connectivity index is 1.81. The third-order valence-electron chi connectivity index (χ3n) is 5.67. The van der Waals surface area contributed by atoms with Gasteiger partial charge in [-0.25, -0.2) is 14.4 Å². The van der Waals surface area contributed by atoms with Gasteiger partial charge in [0.05, 0.1) is 19.0 Å². The van der Waals surface area contributed by atoms with E-state index in [1.165, 1.54) is 31.1 Å². The van der Waals surface area contributed by atoms with Gasteiger partial charge in [-0.05, 0) is 35.9 Å². The number of pyridine rings is 1. The summed E-state index contributed by atoms with van der Waals surface area (Å²) < 4.78 is 46.3. The van der Waals surface area contributed by atoms with Crippen LogP contribution in [0.15, 0.2) is 53.7 Å². The van der Waals surface area contributed by atoms with Gasteiger partial charge in [-0.3, -0.25) is 0 Å². The maximum absolute atomic E-state index is 15.1. The number of hydrogen-bond acceptors (Lipinski definition) is 7. The van der Waals surface area contributed by atoms with Crippen molar-refractivity contribution in [3.05, 3.63) is 71.6 Å². The van der Waals surface area contributed by atoms with Crippen molar-refractivity contribution in [3.8, 4) is 28.4 Å². The maximum atomic E-state index is 15.1. The fraction of sp³-hybridized carbons (Fsp3) is 0.217. The lowest BCUT2D eigenvalue weighted by Gasteiger charge is -2.39. The maximum Gasteiger partial charge on any atom is 0.220 e. The van der Waals surface area contributed by atoms with Crippen LogP contribution in [0.25, 0.3) is 11.1 Å². The van der Waals surface area contributed by atoms with E-state index in [4.69, 9.17) is 24.9 Å². The number of benzene rings is 2. The number of ether oxygens (including phenoxy) is 3. The monoisotopic (exact) mass is 455 g/mol. The average Bonchev–Trinajstić information content (AvgIpc) is 3.11. The van der Waals surface area contributed by atoms with Crippen molar-refractivity contribution in [2.45, 2.75) is 10.8 Å². The van der Waals surface area contributed by atoms with Crippen LogP contribution in [0.5, 0.6) is 17.2 Å². The van der Waals surface area contributed by atoms with Crippen molar-refractivity contribution in [2.75, 3.05) is 20.8 Å². The lowest BCUT2D eigenvalue weighted by Crippen LogP contribution is -2.39. The minimum absolute atomic E-state index is 0.0544. The lowest BCUT2D eigenvalue weighted by atomic mass is 9.77. The number of nitrogens with two attached hydrogens (primary N) is 1. The number of aromatic nitrogens is 1. The second kappa shape index (κ2) is 7.75. The molecule has 0 fully saturated rings. The molecule has 32 heavy (non-hydrogen) atoms. The van der Waals surface area contributed by atoms with E-state index in [0.717, 1.165) is 0 Å². The molecular formula is C23H19F2N3O3S. The van der Waals surface area contributed by atoms with E-state index in [-0.39, 0.29) is 17.6 Å². The molecule has 3 aromatic rings. The number of rotatable bonds is 4. The Labute approximate surface area is 187 Å². The molecule has 2 atom stereocenters. The van der Waals surface area contributed by atoms with Gasteiger partial charge in [-0.2, -0.15) is 4.39 Å². The van der Waals surface area contributed by atoms with Crippen LogP contribution in [-0.2, 0) is 10.3 Å². The number of methoxy groups -OCH3 is 2. The molecule has 3 heterocycles. The largest absolute Gasteiger partial charge is 0.497 e. The highest BCUT2D eigenvalue weighted by molar-refractivity contribution is 8.14. The molecular weight excluding hydrogens is 436 g/mol. The van der Waals surface area contributed by atoms with Crippen LogP contribution in [0.1, 0.15) is 11.1 Å². The van der Waals surface area contributed by atoms with E-state index in [1.54, 1.807) is 43.5 Å². The third-order valence-corrected chi connectivity index (χ3v) is 6.76. The molecule has 2 N–H and O–H groups in total. The Bertz CT molecular complexity index is 1250. The highest BCUT2D eigenvalue weighted by atomic mass is 32.2. The molecule has 0 radical (unpaired) electrons. The number of nitrogens with zero attached hydrogens (tertiary/aromatic N) is 2. The normalized spacial score (nSPS) is 21.0. The number of fused-ring (bicyclic) bond motifs is 4. The van der Waals surface area contributed by atoms with Crippen molar-refractivity contribution >= 4 is 16.9 Å². The topological polar surface area (TPSA) is 79.0 Å².